The number of nitrogens with one attached hydrogen (secondary N) is 1. The number of amides is 2. The van der Waals surface area contributed by atoms with Crippen LogP contribution in [0, 0.1) is 0 Å². The summed E-state index contributed by atoms with van der Waals surface area (Å²) in [5, 5.41) is 4.19. The summed E-state index contributed by atoms with van der Waals surface area (Å²) < 4.78 is 2.09. The molecule has 1 aliphatic carbocycles. The van der Waals surface area contributed by atoms with Gasteiger partial charge in [-0.1, -0.05) is 18.2 Å². The first-order valence-corrected chi connectivity index (χ1v) is 12.0. The fourth-order valence-corrected chi connectivity index (χ4v) is 6.01. The monoisotopic (exact) mass is 433 g/mol. The molecule has 31 heavy (non-hydrogen) atoms. The standard InChI is InChI=1S/C25H27N3O2S/c29-23(18-8-2-1-3-9-18)26-19-12-16-27(17-13-19)24(30)22-20-10-4-5-11-21(20)31-25(22)28-14-6-7-15-28/h1-3,6-9,14-15,19H,4-5,10-13,16-17H2,(H,26,29). The highest BCUT2D eigenvalue weighted by Crippen LogP contribution is 2.38. The second-order valence-corrected chi connectivity index (χ2v) is 9.47. The van der Waals surface area contributed by atoms with Gasteiger partial charge in [0.1, 0.15) is 5.00 Å². The minimum Gasteiger partial charge on any atom is -0.349 e. The number of nitrogens with zero attached hydrogens (tertiary/aromatic N) is 2. The number of aryl methyl sites for hydroxylation is 1. The highest BCUT2D eigenvalue weighted by Gasteiger charge is 2.31. The molecule has 160 valence electrons. The van der Waals surface area contributed by atoms with Crippen LogP contribution in [0.3, 0.4) is 0 Å². The van der Waals surface area contributed by atoms with Crippen molar-refractivity contribution in [2.75, 3.05) is 13.1 Å². The molecule has 2 aromatic heterocycles. The summed E-state index contributed by atoms with van der Waals surface area (Å²) in [6.07, 6.45) is 10.1. The van der Waals surface area contributed by atoms with Crippen molar-refractivity contribution in [3.05, 3.63) is 76.4 Å². The fraction of sp³-hybridized carbons (Fsp3) is 0.360. The molecule has 3 heterocycles. The molecule has 1 aliphatic heterocycles. The molecule has 1 saturated heterocycles. The zero-order valence-corrected chi connectivity index (χ0v) is 18.4. The second-order valence-electron chi connectivity index (χ2n) is 8.39. The first-order chi connectivity index (χ1) is 15.2. The zero-order valence-electron chi connectivity index (χ0n) is 17.5. The maximum atomic E-state index is 13.6. The van der Waals surface area contributed by atoms with Crippen LogP contribution in [0.25, 0.3) is 5.00 Å². The van der Waals surface area contributed by atoms with Gasteiger partial charge < -0.3 is 14.8 Å². The van der Waals surface area contributed by atoms with E-state index in [4.69, 9.17) is 0 Å². The summed E-state index contributed by atoms with van der Waals surface area (Å²) in [7, 11) is 0. The van der Waals surface area contributed by atoms with Gasteiger partial charge in [0, 0.05) is 42.0 Å². The summed E-state index contributed by atoms with van der Waals surface area (Å²) in [6, 6.07) is 13.4. The van der Waals surface area contributed by atoms with E-state index < -0.39 is 0 Å². The van der Waals surface area contributed by atoms with E-state index in [1.54, 1.807) is 11.3 Å². The average molecular weight is 434 g/mol. The number of hydrogen-bond donors (Lipinski definition) is 1. The van der Waals surface area contributed by atoms with Gasteiger partial charge in [-0.05, 0) is 68.4 Å². The lowest BCUT2D eigenvalue weighted by molar-refractivity contribution is 0.0697. The number of carbonyl (C=O) groups excluding carboxylic acids is 2. The van der Waals surface area contributed by atoms with Gasteiger partial charge in [0.2, 0.25) is 0 Å². The molecule has 0 bridgehead atoms. The zero-order chi connectivity index (χ0) is 21.2. The molecule has 5 nitrogen and oxygen atoms in total. The third-order valence-corrected chi connectivity index (χ3v) is 7.66. The molecule has 1 aromatic carbocycles. The predicted octanol–water partition coefficient (Wildman–Crippen LogP) is 4.45. The van der Waals surface area contributed by atoms with E-state index in [1.807, 2.05) is 59.8 Å². The van der Waals surface area contributed by atoms with Crippen molar-refractivity contribution in [2.24, 2.45) is 0 Å². The summed E-state index contributed by atoms with van der Waals surface area (Å²) in [6.45, 7) is 1.35. The van der Waals surface area contributed by atoms with Crippen molar-refractivity contribution < 1.29 is 9.59 Å². The number of hydrogen-bond acceptors (Lipinski definition) is 3. The van der Waals surface area contributed by atoms with E-state index in [-0.39, 0.29) is 17.9 Å². The van der Waals surface area contributed by atoms with Gasteiger partial charge >= 0.3 is 0 Å². The molecule has 0 unspecified atom stereocenters. The quantitative estimate of drug-likeness (QED) is 0.661. The Hall–Kier alpha value is -2.86. The van der Waals surface area contributed by atoms with Gasteiger partial charge in [0.15, 0.2) is 0 Å². The Balaban J connectivity index is 1.30. The van der Waals surface area contributed by atoms with Crippen LogP contribution >= 0.6 is 11.3 Å². The van der Waals surface area contributed by atoms with E-state index in [1.165, 1.54) is 16.9 Å². The van der Waals surface area contributed by atoms with Crippen LogP contribution < -0.4 is 5.32 Å². The molecule has 5 rings (SSSR count). The van der Waals surface area contributed by atoms with Crippen LogP contribution in [0.1, 0.15) is 56.8 Å². The van der Waals surface area contributed by atoms with E-state index in [0.717, 1.165) is 42.7 Å². The Morgan fingerprint density at radius 1 is 0.935 bits per heavy atom. The number of fused-ring (bicyclic) bond motifs is 1. The fourth-order valence-electron chi connectivity index (χ4n) is 4.67. The lowest BCUT2D eigenvalue weighted by Gasteiger charge is -2.33. The molecule has 3 aromatic rings. The van der Waals surface area contributed by atoms with E-state index in [9.17, 15) is 9.59 Å². The minimum atomic E-state index is -0.0350. The van der Waals surface area contributed by atoms with Crippen LogP contribution in [0.5, 0.6) is 0 Å². The van der Waals surface area contributed by atoms with Crippen molar-refractivity contribution in [3.63, 3.8) is 0 Å². The molecule has 2 aliphatic rings. The van der Waals surface area contributed by atoms with Crippen molar-refractivity contribution in [2.45, 2.75) is 44.6 Å². The normalized spacial score (nSPS) is 16.7. The molecule has 0 radical (unpaired) electrons. The van der Waals surface area contributed by atoms with Gasteiger partial charge in [-0.15, -0.1) is 11.3 Å². The van der Waals surface area contributed by atoms with Crippen LogP contribution in [0.2, 0.25) is 0 Å². The Kier molecular flexibility index (Phi) is 5.64. The SMILES string of the molecule is O=C(NC1CCN(C(=O)c2c(-n3cccc3)sc3c2CCCC3)CC1)c1ccccc1. The molecule has 0 atom stereocenters. The van der Waals surface area contributed by atoms with Crippen LogP contribution in [-0.4, -0.2) is 40.4 Å². The van der Waals surface area contributed by atoms with Gasteiger partial charge in [0.05, 0.1) is 5.56 Å². The summed E-state index contributed by atoms with van der Waals surface area (Å²) >= 11 is 1.78. The summed E-state index contributed by atoms with van der Waals surface area (Å²) in [5.74, 6) is 0.114. The van der Waals surface area contributed by atoms with Crippen molar-refractivity contribution in [1.29, 1.82) is 0 Å². The van der Waals surface area contributed by atoms with Gasteiger partial charge in [-0.2, -0.15) is 0 Å². The number of thiophene rings is 1. The number of likely N-dealkylation sites (tertiary alicyclic amines) is 1. The molecule has 0 spiro atoms. The molecule has 1 fully saturated rings. The maximum Gasteiger partial charge on any atom is 0.257 e. The van der Waals surface area contributed by atoms with Crippen molar-refractivity contribution in [3.8, 4) is 5.00 Å². The lowest BCUT2D eigenvalue weighted by Crippen LogP contribution is -2.46. The Labute approximate surface area is 186 Å². The van der Waals surface area contributed by atoms with Gasteiger partial charge in [-0.25, -0.2) is 0 Å². The first kappa shape index (κ1) is 20.1. The third-order valence-electron chi connectivity index (χ3n) is 6.36. The number of carbonyl (C=O) groups is 2. The Morgan fingerprint density at radius 2 is 1.65 bits per heavy atom. The second kappa shape index (κ2) is 8.71. The number of benzene rings is 1. The van der Waals surface area contributed by atoms with Crippen LogP contribution in [-0.2, 0) is 12.8 Å². The number of aromatic nitrogens is 1. The van der Waals surface area contributed by atoms with E-state index >= 15 is 0 Å². The molecular formula is C25H27N3O2S. The largest absolute Gasteiger partial charge is 0.349 e. The molecule has 6 heteroatoms. The molecule has 2 amide bonds. The van der Waals surface area contributed by atoms with E-state index in [2.05, 4.69) is 9.88 Å². The predicted molar refractivity (Wildman–Crippen MR) is 123 cm³/mol. The van der Waals surface area contributed by atoms with Gasteiger partial charge in [-0.3, -0.25) is 9.59 Å². The minimum absolute atomic E-state index is 0.0350. The van der Waals surface area contributed by atoms with Crippen LogP contribution in [0.4, 0.5) is 0 Å². The van der Waals surface area contributed by atoms with E-state index in [0.29, 0.717) is 18.7 Å². The average Bonchev–Trinajstić information content (AvgIpc) is 3.47. The van der Waals surface area contributed by atoms with Crippen molar-refractivity contribution in [1.82, 2.24) is 14.8 Å². The molecule has 1 N–H and O–H groups in total. The highest BCUT2D eigenvalue weighted by molar-refractivity contribution is 7.15. The number of rotatable bonds is 4. The lowest BCUT2D eigenvalue weighted by atomic mass is 9.94. The highest BCUT2D eigenvalue weighted by atomic mass is 32.1. The molecular weight excluding hydrogens is 406 g/mol. The molecule has 0 saturated carbocycles. The third kappa shape index (κ3) is 4.04. The summed E-state index contributed by atoms with van der Waals surface area (Å²) in [4.78, 5) is 29.4. The Morgan fingerprint density at radius 3 is 2.39 bits per heavy atom. The topological polar surface area (TPSA) is 54.3 Å². The van der Waals surface area contributed by atoms with Gasteiger partial charge in [0.25, 0.3) is 11.8 Å². The van der Waals surface area contributed by atoms with Crippen molar-refractivity contribution >= 4 is 23.2 Å². The smallest absolute Gasteiger partial charge is 0.257 e. The Bertz CT molecular complexity index is 1060. The first-order valence-electron chi connectivity index (χ1n) is 11.1. The number of piperidine rings is 1. The maximum absolute atomic E-state index is 13.6. The van der Waals surface area contributed by atoms with Crippen LogP contribution in [0.15, 0.2) is 54.9 Å². The summed E-state index contributed by atoms with van der Waals surface area (Å²) in [5.41, 5.74) is 2.86.